The lowest BCUT2D eigenvalue weighted by atomic mass is 9.86. The molecule has 2 atom stereocenters. The molecule has 1 aromatic heterocycles. The number of rotatable bonds is 9. The zero-order chi connectivity index (χ0) is 29.1. The predicted octanol–water partition coefficient (Wildman–Crippen LogP) is 5.45. The smallest absolute Gasteiger partial charge is 0.326 e. The molecule has 1 saturated carbocycles. The van der Waals surface area contributed by atoms with Crippen LogP contribution in [0.4, 0.5) is 17.6 Å². The number of nitrogens with one attached hydrogen (secondary N) is 2. The number of allylic oxidation sites excluding steroid dienone is 2. The molecule has 2 aliphatic carbocycles. The van der Waals surface area contributed by atoms with Crippen molar-refractivity contribution in [3.8, 4) is 11.8 Å². The Hall–Kier alpha value is -4.27. The molecule has 1 fully saturated rings. The number of hydrogen-bond donors (Lipinski definition) is 3. The fourth-order valence-electron chi connectivity index (χ4n) is 4.82. The third kappa shape index (κ3) is 6.56. The van der Waals surface area contributed by atoms with Crippen LogP contribution in [0.25, 0.3) is 5.69 Å². The van der Waals surface area contributed by atoms with Crippen LogP contribution in [0.1, 0.15) is 58.2 Å². The summed E-state index contributed by atoms with van der Waals surface area (Å²) < 4.78 is 56.6. The highest BCUT2D eigenvalue weighted by molar-refractivity contribution is 5.95. The highest BCUT2D eigenvalue weighted by atomic mass is 19.4. The minimum Gasteiger partial charge on any atom is -0.326 e. The van der Waals surface area contributed by atoms with Gasteiger partial charge in [0.25, 0.3) is 5.91 Å². The molecule has 7 nitrogen and oxygen atoms in total. The molecule has 11 heteroatoms. The predicted molar refractivity (Wildman–Crippen MR) is 144 cm³/mol. The lowest BCUT2D eigenvalue weighted by Crippen LogP contribution is -2.32. The summed E-state index contributed by atoms with van der Waals surface area (Å²) in [6.45, 7) is 0.909. The topological polar surface area (TPSA) is 109 Å². The van der Waals surface area contributed by atoms with E-state index in [1.165, 1.54) is 18.2 Å². The van der Waals surface area contributed by atoms with Gasteiger partial charge in [-0.05, 0) is 73.2 Å². The number of halogens is 4. The van der Waals surface area contributed by atoms with Gasteiger partial charge in [0.1, 0.15) is 11.5 Å². The summed E-state index contributed by atoms with van der Waals surface area (Å²) in [7, 11) is 0. The third-order valence-corrected chi connectivity index (χ3v) is 7.23. The molecular formula is C30H28F4N6O. The normalized spacial score (nSPS) is 17.8. The largest absolute Gasteiger partial charge is 0.435 e. The summed E-state index contributed by atoms with van der Waals surface area (Å²) in [5.41, 5.74) is 6.16. The van der Waals surface area contributed by atoms with Crippen LogP contribution in [0.15, 0.2) is 78.3 Å². The van der Waals surface area contributed by atoms with Gasteiger partial charge in [-0.2, -0.15) is 23.5 Å². The molecule has 0 spiro atoms. The first-order valence-corrected chi connectivity index (χ1v) is 13.3. The molecule has 0 radical (unpaired) electrons. The molecule has 5 rings (SSSR count). The second kappa shape index (κ2) is 11.7. The monoisotopic (exact) mass is 564 g/mol. The first kappa shape index (κ1) is 28.3. The highest BCUT2D eigenvalue weighted by Gasteiger charge is 2.36. The lowest BCUT2D eigenvalue weighted by Gasteiger charge is -2.29. The Balaban J connectivity index is 1.45. The highest BCUT2D eigenvalue weighted by Crippen LogP contribution is 2.35. The van der Waals surface area contributed by atoms with E-state index in [9.17, 15) is 18.0 Å². The summed E-state index contributed by atoms with van der Waals surface area (Å²) >= 11 is 0. The minimum absolute atomic E-state index is 0.130. The van der Waals surface area contributed by atoms with Crippen molar-refractivity contribution in [3.05, 3.63) is 106 Å². The summed E-state index contributed by atoms with van der Waals surface area (Å²) in [6, 6.07) is 16.0. The zero-order valence-corrected chi connectivity index (χ0v) is 22.0. The van der Waals surface area contributed by atoms with Crippen LogP contribution in [0.5, 0.6) is 0 Å². The second-order valence-electron chi connectivity index (χ2n) is 10.2. The van der Waals surface area contributed by atoms with E-state index in [1.54, 1.807) is 30.3 Å². The van der Waals surface area contributed by atoms with Gasteiger partial charge in [0.2, 0.25) is 0 Å². The van der Waals surface area contributed by atoms with Gasteiger partial charge in [-0.3, -0.25) is 4.79 Å². The third-order valence-electron chi connectivity index (χ3n) is 7.23. The first-order chi connectivity index (χ1) is 19.7. The summed E-state index contributed by atoms with van der Waals surface area (Å²) in [5, 5.41) is 18.8. The summed E-state index contributed by atoms with van der Waals surface area (Å²) in [4.78, 5) is 13.3. The van der Waals surface area contributed by atoms with Crippen molar-refractivity contribution >= 4 is 5.91 Å². The number of aromatic nitrogens is 2. The van der Waals surface area contributed by atoms with Crippen LogP contribution < -0.4 is 16.4 Å². The van der Waals surface area contributed by atoms with E-state index >= 15 is 4.39 Å². The average Bonchev–Trinajstić information content (AvgIpc) is 3.68. The van der Waals surface area contributed by atoms with Gasteiger partial charge < -0.3 is 16.4 Å². The van der Waals surface area contributed by atoms with E-state index in [2.05, 4.69) is 21.8 Å². The molecule has 2 unspecified atom stereocenters. The Morgan fingerprint density at radius 3 is 2.59 bits per heavy atom. The molecule has 1 heterocycles. The Bertz CT molecular complexity index is 1530. The van der Waals surface area contributed by atoms with Crippen molar-refractivity contribution in [2.75, 3.05) is 6.54 Å². The van der Waals surface area contributed by atoms with Crippen LogP contribution in [0.3, 0.4) is 0 Å². The maximum Gasteiger partial charge on any atom is 0.435 e. The Labute approximate surface area is 234 Å². The molecule has 2 aromatic carbocycles. The van der Waals surface area contributed by atoms with Gasteiger partial charge in [-0.1, -0.05) is 30.3 Å². The molecule has 3 aromatic rings. The van der Waals surface area contributed by atoms with Crippen LogP contribution in [0.2, 0.25) is 0 Å². The Kier molecular flexibility index (Phi) is 8.06. The van der Waals surface area contributed by atoms with Crippen molar-refractivity contribution < 1.29 is 22.4 Å². The van der Waals surface area contributed by atoms with E-state index in [0.717, 1.165) is 29.6 Å². The van der Waals surface area contributed by atoms with Gasteiger partial charge in [0.15, 0.2) is 5.69 Å². The average molecular weight is 565 g/mol. The van der Waals surface area contributed by atoms with Gasteiger partial charge >= 0.3 is 6.18 Å². The maximum absolute atomic E-state index is 15.0. The van der Waals surface area contributed by atoms with Crippen LogP contribution in [-0.4, -0.2) is 22.2 Å². The van der Waals surface area contributed by atoms with Gasteiger partial charge in [-0.15, -0.1) is 0 Å². The fraction of sp³-hybridized carbons (Fsp3) is 0.300. The van der Waals surface area contributed by atoms with Gasteiger partial charge in [-0.25, -0.2) is 9.07 Å². The van der Waals surface area contributed by atoms with E-state index < -0.39 is 29.3 Å². The SMILES string of the molecule is N#Cc1ccc(C(NCC2CC2)C2C=C(NC(=O)c3cc(C(F)(F)F)nn3-c3cccc(CN)c3)C(F)=CC2)cc1. The molecule has 2 aliphatic rings. The molecule has 41 heavy (non-hydrogen) atoms. The number of alkyl halides is 3. The summed E-state index contributed by atoms with van der Waals surface area (Å²) in [5.74, 6) is -1.32. The van der Waals surface area contributed by atoms with E-state index in [0.29, 0.717) is 29.5 Å². The fourth-order valence-corrected chi connectivity index (χ4v) is 4.82. The quantitative estimate of drug-likeness (QED) is 0.300. The number of hydrogen-bond acceptors (Lipinski definition) is 5. The molecule has 0 aliphatic heterocycles. The standard InChI is InChI=1S/C30H28F4N6O/c31-24-11-10-22(28(37-17-19-4-5-19)21-8-6-18(15-35)7-9-21)13-25(24)38-29(41)26-14-27(30(32,33)34)39-40(26)23-3-1-2-20(12-23)16-36/h1-3,6-9,11-14,19,22,28,37H,4-5,10,16-17,36H2,(H,38,41). The zero-order valence-electron chi connectivity index (χ0n) is 22.0. The van der Waals surface area contributed by atoms with Crippen molar-refractivity contribution in [1.29, 1.82) is 5.26 Å². The van der Waals surface area contributed by atoms with Crippen LogP contribution in [0, 0.1) is 23.2 Å². The number of benzene rings is 2. The number of amides is 1. The molecular weight excluding hydrogens is 536 g/mol. The van der Waals surface area contributed by atoms with Crippen molar-refractivity contribution in [3.63, 3.8) is 0 Å². The second-order valence-corrected chi connectivity index (χ2v) is 10.2. The van der Waals surface area contributed by atoms with E-state index in [4.69, 9.17) is 11.0 Å². The number of carbonyl (C=O) groups excluding carboxylic acids is 1. The van der Waals surface area contributed by atoms with E-state index in [1.807, 2.05) is 12.1 Å². The Morgan fingerprint density at radius 2 is 1.93 bits per heavy atom. The number of nitrogens with two attached hydrogens (primary N) is 1. The van der Waals surface area contributed by atoms with Crippen molar-refractivity contribution in [2.24, 2.45) is 17.6 Å². The van der Waals surface area contributed by atoms with Gasteiger partial charge in [0, 0.05) is 24.6 Å². The van der Waals surface area contributed by atoms with Crippen molar-refractivity contribution in [2.45, 2.75) is 38.0 Å². The number of nitrogens with zero attached hydrogens (tertiary/aromatic N) is 3. The number of nitriles is 1. The number of carbonyl (C=O) groups is 1. The maximum atomic E-state index is 15.0. The summed E-state index contributed by atoms with van der Waals surface area (Å²) in [6.07, 6.45) is 0.759. The van der Waals surface area contributed by atoms with Crippen molar-refractivity contribution in [1.82, 2.24) is 20.4 Å². The molecule has 4 N–H and O–H groups in total. The minimum atomic E-state index is -4.80. The van der Waals surface area contributed by atoms with Crippen LogP contribution in [-0.2, 0) is 12.7 Å². The molecule has 0 saturated heterocycles. The molecule has 1 amide bonds. The van der Waals surface area contributed by atoms with Crippen LogP contribution >= 0.6 is 0 Å². The Morgan fingerprint density at radius 1 is 1.17 bits per heavy atom. The lowest BCUT2D eigenvalue weighted by molar-refractivity contribution is -0.141. The molecule has 0 bridgehead atoms. The van der Waals surface area contributed by atoms with E-state index in [-0.39, 0.29) is 29.9 Å². The molecule has 212 valence electrons. The van der Waals surface area contributed by atoms with Gasteiger partial charge in [0.05, 0.1) is 23.0 Å². The first-order valence-electron chi connectivity index (χ1n) is 13.3.